The number of methoxy groups -OCH3 is 1. The van der Waals surface area contributed by atoms with Crippen LogP contribution in [-0.4, -0.2) is 60.7 Å². The Balaban J connectivity index is 1.02. The summed E-state index contributed by atoms with van der Waals surface area (Å²) in [6.07, 6.45) is 9.04. The third-order valence-corrected chi connectivity index (χ3v) is 8.45. The molecule has 7 heteroatoms. The second-order valence-corrected chi connectivity index (χ2v) is 11.4. The molecule has 0 N–H and O–H groups in total. The fourth-order valence-corrected chi connectivity index (χ4v) is 6.02. The molecule has 0 bridgehead atoms. The average Bonchev–Trinajstić information content (AvgIpc) is 3.55. The van der Waals surface area contributed by atoms with Gasteiger partial charge in [-0.25, -0.2) is 9.97 Å². The summed E-state index contributed by atoms with van der Waals surface area (Å²) in [5.74, 6) is 4.19. The third kappa shape index (κ3) is 5.83. The van der Waals surface area contributed by atoms with Crippen molar-refractivity contribution in [2.45, 2.75) is 52.6 Å². The number of rotatable bonds is 10. The topological polar surface area (TPSA) is 67.8 Å². The molecule has 2 atom stereocenters. The summed E-state index contributed by atoms with van der Waals surface area (Å²) in [6, 6.07) is 8.07. The molecule has 2 aliphatic heterocycles. The van der Waals surface area contributed by atoms with Crippen LogP contribution in [0.4, 0.5) is 5.95 Å². The molecule has 0 spiro atoms. The minimum Gasteiger partial charge on any atom is -0.494 e. The molecule has 1 saturated carbocycles. The number of hydrogen-bond acceptors (Lipinski definition) is 6. The van der Waals surface area contributed by atoms with E-state index in [0.717, 1.165) is 73.9 Å². The van der Waals surface area contributed by atoms with Gasteiger partial charge in [0.25, 0.3) is 0 Å². The highest BCUT2D eigenvalue weighted by molar-refractivity contribution is 5.79. The maximum absolute atomic E-state index is 12.3. The summed E-state index contributed by atoms with van der Waals surface area (Å²) in [5.41, 5.74) is 2.46. The Morgan fingerprint density at radius 2 is 1.78 bits per heavy atom. The second kappa shape index (κ2) is 10.8. The van der Waals surface area contributed by atoms with Gasteiger partial charge in [-0.1, -0.05) is 26.0 Å². The SMILES string of the molecule is COCc1cnc(N2CCC(C3CC3(C)CCOc3ccc(CC(=O)N4CC(C)C4)cc3)CC2)nc1. The zero-order chi connectivity index (χ0) is 25.1. The lowest BCUT2D eigenvalue weighted by atomic mass is 9.87. The van der Waals surface area contributed by atoms with Gasteiger partial charge in [0.15, 0.2) is 0 Å². The van der Waals surface area contributed by atoms with Crippen molar-refractivity contribution < 1.29 is 14.3 Å². The monoisotopic (exact) mass is 492 g/mol. The lowest BCUT2D eigenvalue weighted by Gasteiger charge is -2.37. The standard InChI is InChI=1S/C29H40N4O3/c1-21-18-33(19-21)27(34)14-22-4-6-25(7-5-22)36-13-10-29(2)15-26(29)24-8-11-32(12-9-24)28-30-16-23(17-31-28)20-35-3/h4-7,16-17,21,24,26H,8-15,18-20H2,1-3H3. The van der Waals surface area contributed by atoms with Gasteiger partial charge in [-0.3, -0.25) is 4.79 Å². The van der Waals surface area contributed by atoms with E-state index < -0.39 is 0 Å². The number of anilines is 1. The first-order valence-electron chi connectivity index (χ1n) is 13.5. The fraction of sp³-hybridized carbons (Fsp3) is 0.621. The van der Waals surface area contributed by atoms with E-state index in [1.54, 1.807) is 7.11 Å². The molecular weight excluding hydrogens is 452 g/mol. The number of carbonyl (C=O) groups is 1. The maximum Gasteiger partial charge on any atom is 0.227 e. The molecular formula is C29H40N4O3. The summed E-state index contributed by atoms with van der Waals surface area (Å²) < 4.78 is 11.2. The first kappa shape index (κ1) is 25.0. The van der Waals surface area contributed by atoms with Gasteiger partial charge in [-0.05, 0) is 66.5 Å². The van der Waals surface area contributed by atoms with Crippen LogP contribution in [-0.2, 0) is 22.6 Å². The van der Waals surface area contributed by atoms with Gasteiger partial charge in [-0.15, -0.1) is 0 Å². The van der Waals surface area contributed by atoms with Crippen molar-refractivity contribution >= 4 is 11.9 Å². The molecule has 3 aliphatic rings. The third-order valence-electron chi connectivity index (χ3n) is 8.45. The first-order chi connectivity index (χ1) is 17.4. The normalized spacial score (nSPS) is 24.5. The van der Waals surface area contributed by atoms with E-state index in [9.17, 15) is 4.79 Å². The molecule has 2 saturated heterocycles. The first-order valence-corrected chi connectivity index (χ1v) is 13.5. The molecule has 1 aromatic heterocycles. The van der Waals surface area contributed by atoms with Crippen LogP contribution in [0.25, 0.3) is 0 Å². The molecule has 36 heavy (non-hydrogen) atoms. The van der Waals surface area contributed by atoms with E-state index in [1.165, 1.54) is 19.3 Å². The number of benzene rings is 1. The van der Waals surface area contributed by atoms with Crippen LogP contribution in [0.1, 0.15) is 50.7 Å². The Morgan fingerprint density at radius 1 is 1.08 bits per heavy atom. The Bertz CT molecular complexity index is 1010. The van der Waals surface area contributed by atoms with Gasteiger partial charge < -0.3 is 19.3 Å². The van der Waals surface area contributed by atoms with E-state index in [4.69, 9.17) is 9.47 Å². The highest BCUT2D eigenvalue weighted by atomic mass is 16.5. The number of amides is 1. The molecule has 2 aromatic rings. The Labute approximate surface area is 215 Å². The number of likely N-dealkylation sites (tertiary alicyclic amines) is 1. The maximum atomic E-state index is 12.3. The summed E-state index contributed by atoms with van der Waals surface area (Å²) in [7, 11) is 1.69. The Hall–Kier alpha value is -2.67. The Morgan fingerprint density at radius 3 is 2.42 bits per heavy atom. The number of ether oxygens (including phenoxy) is 2. The summed E-state index contributed by atoms with van der Waals surface area (Å²) in [4.78, 5) is 25.6. The van der Waals surface area contributed by atoms with Gasteiger partial charge in [-0.2, -0.15) is 0 Å². The highest BCUT2D eigenvalue weighted by Gasteiger charge is 2.53. The van der Waals surface area contributed by atoms with Crippen LogP contribution in [0.15, 0.2) is 36.7 Å². The average molecular weight is 493 g/mol. The van der Waals surface area contributed by atoms with Gasteiger partial charge >= 0.3 is 0 Å². The lowest BCUT2D eigenvalue weighted by Crippen LogP contribution is -2.49. The predicted molar refractivity (Wildman–Crippen MR) is 140 cm³/mol. The van der Waals surface area contributed by atoms with Crippen LogP contribution in [0.2, 0.25) is 0 Å². The molecule has 3 fully saturated rings. The molecule has 1 amide bonds. The van der Waals surface area contributed by atoms with Crippen LogP contribution in [0.5, 0.6) is 5.75 Å². The number of aromatic nitrogens is 2. The van der Waals surface area contributed by atoms with Crippen LogP contribution >= 0.6 is 0 Å². The van der Waals surface area contributed by atoms with E-state index in [2.05, 4.69) is 28.7 Å². The van der Waals surface area contributed by atoms with Crippen molar-refractivity contribution in [3.05, 3.63) is 47.8 Å². The number of carbonyl (C=O) groups excluding carboxylic acids is 1. The van der Waals surface area contributed by atoms with Crippen molar-refractivity contribution in [3.8, 4) is 5.75 Å². The van der Waals surface area contributed by atoms with Crippen LogP contribution in [0, 0.1) is 23.2 Å². The van der Waals surface area contributed by atoms with Gasteiger partial charge in [0, 0.05) is 51.2 Å². The van der Waals surface area contributed by atoms with Crippen LogP contribution < -0.4 is 9.64 Å². The van der Waals surface area contributed by atoms with Crippen molar-refractivity contribution in [3.63, 3.8) is 0 Å². The lowest BCUT2D eigenvalue weighted by molar-refractivity contribution is -0.136. The fourth-order valence-electron chi connectivity index (χ4n) is 6.02. The predicted octanol–water partition coefficient (Wildman–Crippen LogP) is 4.36. The smallest absolute Gasteiger partial charge is 0.227 e. The molecule has 0 radical (unpaired) electrons. The minimum absolute atomic E-state index is 0.229. The summed E-state index contributed by atoms with van der Waals surface area (Å²) in [6.45, 7) is 9.77. The number of hydrogen-bond donors (Lipinski definition) is 0. The largest absolute Gasteiger partial charge is 0.494 e. The highest BCUT2D eigenvalue weighted by Crippen LogP contribution is 2.60. The summed E-state index contributed by atoms with van der Waals surface area (Å²) in [5, 5.41) is 0. The Kier molecular flexibility index (Phi) is 7.47. The van der Waals surface area contributed by atoms with Crippen LogP contribution in [0.3, 0.4) is 0 Å². The molecule has 194 valence electrons. The molecule has 5 rings (SSSR count). The molecule has 3 heterocycles. The molecule has 7 nitrogen and oxygen atoms in total. The van der Waals surface area contributed by atoms with Gasteiger partial charge in [0.1, 0.15) is 5.75 Å². The molecule has 1 aliphatic carbocycles. The number of piperidine rings is 1. The van der Waals surface area contributed by atoms with Crippen molar-refractivity contribution in [1.29, 1.82) is 0 Å². The van der Waals surface area contributed by atoms with E-state index in [1.807, 2.05) is 41.6 Å². The molecule has 1 aromatic carbocycles. The number of nitrogens with zero attached hydrogens (tertiary/aromatic N) is 4. The molecule has 2 unspecified atom stereocenters. The second-order valence-electron chi connectivity index (χ2n) is 11.4. The van der Waals surface area contributed by atoms with Crippen molar-refractivity contribution in [2.24, 2.45) is 23.2 Å². The van der Waals surface area contributed by atoms with Crippen molar-refractivity contribution in [1.82, 2.24) is 14.9 Å². The van der Waals surface area contributed by atoms with E-state index in [-0.39, 0.29) is 5.91 Å². The van der Waals surface area contributed by atoms with Crippen molar-refractivity contribution in [2.75, 3.05) is 44.8 Å². The zero-order valence-corrected chi connectivity index (χ0v) is 22.0. The zero-order valence-electron chi connectivity index (χ0n) is 22.0. The van der Waals surface area contributed by atoms with E-state index >= 15 is 0 Å². The van der Waals surface area contributed by atoms with Gasteiger partial charge in [0.05, 0.1) is 19.6 Å². The van der Waals surface area contributed by atoms with Gasteiger partial charge in [0.2, 0.25) is 11.9 Å². The summed E-state index contributed by atoms with van der Waals surface area (Å²) >= 11 is 0. The minimum atomic E-state index is 0.229. The van der Waals surface area contributed by atoms with E-state index in [0.29, 0.717) is 24.4 Å². The quantitative estimate of drug-likeness (QED) is 0.491.